The molecule has 2 rings (SSSR count). The summed E-state index contributed by atoms with van der Waals surface area (Å²) in [6.07, 6.45) is 1.80. The van der Waals surface area contributed by atoms with E-state index in [0.29, 0.717) is 5.75 Å². The van der Waals surface area contributed by atoms with E-state index in [0.717, 1.165) is 25.1 Å². The van der Waals surface area contributed by atoms with Crippen LogP contribution in [-0.4, -0.2) is 40.3 Å². The van der Waals surface area contributed by atoms with Gasteiger partial charge in [0.25, 0.3) is 0 Å². The highest BCUT2D eigenvalue weighted by Crippen LogP contribution is 2.09. The van der Waals surface area contributed by atoms with E-state index in [1.54, 1.807) is 0 Å². The number of carbonyl (C=O) groups is 1. The van der Waals surface area contributed by atoms with Gasteiger partial charge in [0.05, 0.1) is 6.04 Å². The van der Waals surface area contributed by atoms with Gasteiger partial charge < -0.3 is 10.6 Å². The molecule has 0 radical (unpaired) electrons. The zero-order chi connectivity index (χ0) is 9.26. The Morgan fingerprint density at radius 3 is 2.69 bits per heavy atom. The molecule has 0 saturated carbocycles. The number of hydrogen-bond acceptors (Lipinski definition) is 3. The van der Waals surface area contributed by atoms with Gasteiger partial charge in [0, 0.05) is 28.3 Å². The summed E-state index contributed by atoms with van der Waals surface area (Å²) in [7, 11) is -0.702. The van der Waals surface area contributed by atoms with E-state index in [1.165, 1.54) is 0 Å². The van der Waals surface area contributed by atoms with Crippen molar-refractivity contribution in [3.63, 3.8) is 0 Å². The minimum absolute atomic E-state index is 0.00837. The van der Waals surface area contributed by atoms with Crippen molar-refractivity contribution in [3.05, 3.63) is 0 Å². The molecule has 3 atom stereocenters. The Labute approximate surface area is 79.9 Å². The highest BCUT2D eigenvalue weighted by molar-refractivity contribution is 7.85. The maximum absolute atomic E-state index is 11.4. The van der Waals surface area contributed by atoms with Crippen LogP contribution < -0.4 is 10.6 Å². The predicted molar refractivity (Wildman–Crippen MR) is 50.8 cm³/mol. The Hall–Kier alpha value is -0.420. The minimum atomic E-state index is -0.702. The van der Waals surface area contributed by atoms with Crippen LogP contribution in [0.25, 0.3) is 0 Å². The fraction of sp³-hybridized carbons (Fsp3) is 0.875. The molecule has 0 aromatic carbocycles. The highest BCUT2D eigenvalue weighted by Gasteiger charge is 2.28. The quantitative estimate of drug-likeness (QED) is 0.603. The maximum Gasteiger partial charge on any atom is 0.237 e. The molecule has 2 N–H and O–H groups in total. The van der Waals surface area contributed by atoms with Crippen molar-refractivity contribution >= 4 is 16.7 Å². The normalized spacial score (nSPS) is 38.3. The van der Waals surface area contributed by atoms with E-state index < -0.39 is 10.8 Å². The van der Waals surface area contributed by atoms with Crippen LogP contribution in [0.4, 0.5) is 0 Å². The van der Waals surface area contributed by atoms with Crippen molar-refractivity contribution in [1.82, 2.24) is 10.6 Å². The van der Waals surface area contributed by atoms with Crippen LogP contribution >= 0.6 is 0 Å². The summed E-state index contributed by atoms with van der Waals surface area (Å²) in [5.74, 6) is 1.46. The minimum Gasteiger partial charge on any atom is -0.351 e. The highest BCUT2D eigenvalue weighted by atomic mass is 32.2. The molecule has 0 aliphatic carbocycles. The molecule has 74 valence electrons. The Kier molecular flexibility index (Phi) is 2.64. The number of hydrogen-bond donors (Lipinski definition) is 2. The van der Waals surface area contributed by atoms with E-state index >= 15 is 0 Å². The monoisotopic (exact) mass is 202 g/mol. The first kappa shape index (κ1) is 9.15. The summed E-state index contributed by atoms with van der Waals surface area (Å²) >= 11 is 0. The Morgan fingerprint density at radius 2 is 2.23 bits per heavy atom. The second-order valence-corrected chi connectivity index (χ2v) is 5.22. The van der Waals surface area contributed by atoms with Crippen LogP contribution in [0, 0.1) is 0 Å². The van der Waals surface area contributed by atoms with Gasteiger partial charge in [-0.15, -0.1) is 0 Å². The van der Waals surface area contributed by atoms with E-state index in [9.17, 15) is 9.00 Å². The van der Waals surface area contributed by atoms with Crippen LogP contribution in [0.3, 0.4) is 0 Å². The number of rotatable bonds is 2. The van der Waals surface area contributed by atoms with Gasteiger partial charge in [-0.2, -0.15) is 0 Å². The van der Waals surface area contributed by atoms with Crippen molar-refractivity contribution in [2.75, 3.05) is 18.1 Å². The van der Waals surface area contributed by atoms with Gasteiger partial charge in [-0.05, 0) is 19.4 Å². The Balaban J connectivity index is 1.77. The molecule has 0 aromatic rings. The van der Waals surface area contributed by atoms with Gasteiger partial charge in [0.15, 0.2) is 0 Å². The molecule has 0 spiro atoms. The van der Waals surface area contributed by atoms with Crippen LogP contribution in [0.15, 0.2) is 0 Å². The van der Waals surface area contributed by atoms with Gasteiger partial charge in [-0.1, -0.05) is 0 Å². The lowest BCUT2D eigenvalue weighted by Gasteiger charge is -2.27. The number of carbonyl (C=O) groups excluding carboxylic acids is 1. The Morgan fingerprint density at radius 1 is 1.46 bits per heavy atom. The molecular formula is C8H14N2O2S. The topological polar surface area (TPSA) is 58.2 Å². The third kappa shape index (κ3) is 2.08. The van der Waals surface area contributed by atoms with Crippen LogP contribution in [-0.2, 0) is 15.6 Å². The zero-order valence-electron chi connectivity index (χ0n) is 7.41. The molecule has 5 heteroatoms. The lowest BCUT2D eigenvalue weighted by molar-refractivity contribution is -0.125. The Bertz CT molecular complexity index is 240. The van der Waals surface area contributed by atoms with Crippen molar-refractivity contribution in [1.29, 1.82) is 0 Å². The van der Waals surface area contributed by atoms with E-state index in [2.05, 4.69) is 10.6 Å². The lowest BCUT2D eigenvalue weighted by Crippen LogP contribution is -2.55. The molecule has 1 amide bonds. The molecule has 13 heavy (non-hydrogen) atoms. The maximum atomic E-state index is 11.4. The summed E-state index contributed by atoms with van der Waals surface area (Å²) in [5, 5.41) is 5.96. The first-order valence-electron chi connectivity index (χ1n) is 4.64. The molecule has 4 nitrogen and oxygen atoms in total. The lowest BCUT2D eigenvalue weighted by atomic mass is 10.1. The van der Waals surface area contributed by atoms with Gasteiger partial charge in [0.2, 0.25) is 5.91 Å². The summed E-state index contributed by atoms with van der Waals surface area (Å²) in [4.78, 5) is 11.4. The van der Waals surface area contributed by atoms with Crippen molar-refractivity contribution in [3.8, 4) is 0 Å². The van der Waals surface area contributed by atoms with Gasteiger partial charge in [-0.3, -0.25) is 9.00 Å². The van der Waals surface area contributed by atoms with Crippen molar-refractivity contribution in [2.24, 2.45) is 0 Å². The molecule has 2 heterocycles. The first-order valence-corrected chi connectivity index (χ1v) is 6.13. The second kappa shape index (κ2) is 3.75. The largest absolute Gasteiger partial charge is 0.351 e. The van der Waals surface area contributed by atoms with Crippen LogP contribution in [0.5, 0.6) is 0 Å². The third-order valence-corrected chi connectivity index (χ3v) is 4.03. The number of amides is 1. The fourth-order valence-electron chi connectivity index (χ4n) is 1.59. The predicted octanol–water partition coefficient (Wildman–Crippen LogP) is -1.01. The average molecular weight is 202 g/mol. The van der Waals surface area contributed by atoms with E-state index in [-0.39, 0.29) is 18.0 Å². The van der Waals surface area contributed by atoms with Gasteiger partial charge in [0.1, 0.15) is 0 Å². The van der Waals surface area contributed by atoms with E-state index in [1.807, 2.05) is 0 Å². The van der Waals surface area contributed by atoms with Gasteiger partial charge >= 0.3 is 0 Å². The van der Waals surface area contributed by atoms with E-state index in [4.69, 9.17) is 0 Å². The molecular weight excluding hydrogens is 188 g/mol. The molecule has 2 aliphatic heterocycles. The SMILES string of the molecule is O=C(NC1CCS(=O)C1)[C@H]1CCN1. The summed E-state index contributed by atoms with van der Waals surface area (Å²) in [6.45, 7) is 0.939. The van der Waals surface area contributed by atoms with Crippen molar-refractivity contribution < 1.29 is 9.00 Å². The molecule has 2 unspecified atom stereocenters. The molecule has 0 aromatic heterocycles. The zero-order valence-corrected chi connectivity index (χ0v) is 8.23. The molecule has 0 bridgehead atoms. The number of nitrogens with one attached hydrogen (secondary N) is 2. The average Bonchev–Trinajstić information content (AvgIpc) is 2.31. The molecule has 2 saturated heterocycles. The second-order valence-electron chi connectivity index (χ2n) is 3.60. The third-order valence-electron chi connectivity index (χ3n) is 2.57. The first-order chi connectivity index (χ1) is 6.25. The van der Waals surface area contributed by atoms with Crippen LogP contribution in [0.2, 0.25) is 0 Å². The summed E-state index contributed by atoms with van der Waals surface area (Å²) in [5.41, 5.74) is 0. The molecule has 2 aliphatic rings. The van der Waals surface area contributed by atoms with Gasteiger partial charge in [-0.25, -0.2) is 0 Å². The van der Waals surface area contributed by atoms with Crippen LogP contribution in [0.1, 0.15) is 12.8 Å². The molecule has 2 fully saturated rings. The summed E-state index contributed by atoms with van der Waals surface area (Å²) < 4.78 is 11.0. The smallest absolute Gasteiger partial charge is 0.237 e. The summed E-state index contributed by atoms with van der Waals surface area (Å²) in [6, 6.07) is 0.157. The van der Waals surface area contributed by atoms with Crippen molar-refractivity contribution in [2.45, 2.75) is 24.9 Å². The fourth-order valence-corrected chi connectivity index (χ4v) is 3.01. The standard InChI is InChI=1S/C8H14N2O2S/c11-8(7-1-3-9-7)10-6-2-4-13(12)5-6/h6-7,9H,1-5H2,(H,10,11)/t6?,7-,13?/m1/s1.